The van der Waals surface area contributed by atoms with E-state index in [2.05, 4.69) is 15.7 Å². The Kier molecular flexibility index (Phi) is 6.63. The summed E-state index contributed by atoms with van der Waals surface area (Å²) in [6.07, 6.45) is 2.89. The van der Waals surface area contributed by atoms with Crippen LogP contribution in [-0.4, -0.2) is 39.8 Å². The smallest absolute Gasteiger partial charge is 0.321 e. The lowest BCUT2D eigenvalue weighted by Gasteiger charge is -2.30. The van der Waals surface area contributed by atoms with Gasteiger partial charge in [-0.25, -0.2) is 0 Å². The molecule has 0 spiro atoms. The number of aromatic nitrogens is 2. The first kappa shape index (κ1) is 24.1. The Hall–Kier alpha value is -4.08. The summed E-state index contributed by atoms with van der Waals surface area (Å²) >= 11 is 0. The van der Waals surface area contributed by atoms with Gasteiger partial charge in [0, 0.05) is 51.2 Å². The molecule has 1 aliphatic heterocycles. The first-order chi connectivity index (χ1) is 16.7. The van der Waals surface area contributed by atoms with Crippen molar-refractivity contribution in [2.24, 2.45) is 7.05 Å². The summed E-state index contributed by atoms with van der Waals surface area (Å²) in [6.45, 7) is 0.983. The van der Waals surface area contributed by atoms with Crippen molar-refractivity contribution in [1.82, 2.24) is 15.1 Å². The van der Waals surface area contributed by atoms with Gasteiger partial charge in [-0.15, -0.1) is 0 Å². The molecule has 2 aromatic carbocycles. The van der Waals surface area contributed by atoms with Crippen molar-refractivity contribution in [2.45, 2.75) is 37.9 Å². The van der Waals surface area contributed by atoms with E-state index >= 15 is 0 Å². The lowest BCUT2D eigenvalue weighted by atomic mass is 9.99. The Labute approximate surface area is 202 Å². The molecule has 2 heterocycles. The molecule has 2 atom stereocenters. The van der Waals surface area contributed by atoms with Crippen molar-refractivity contribution < 1.29 is 19.8 Å². The van der Waals surface area contributed by atoms with Crippen LogP contribution in [0.2, 0.25) is 0 Å². The summed E-state index contributed by atoms with van der Waals surface area (Å²) in [6, 6.07) is 14.5. The van der Waals surface area contributed by atoms with Gasteiger partial charge in [-0.1, -0.05) is 30.3 Å². The predicted molar refractivity (Wildman–Crippen MR) is 131 cm³/mol. The highest BCUT2D eigenvalue weighted by molar-refractivity contribution is 6.00. The Morgan fingerprint density at radius 3 is 2.63 bits per heavy atom. The maximum atomic E-state index is 13.6. The fourth-order valence-electron chi connectivity index (χ4n) is 4.22. The zero-order valence-corrected chi connectivity index (χ0v) is 19.3. The van der Waals surface area contributed by atoms with E-state index < -0.39 is 23.9 Å². The van der Waals surface area contributed by atoms with Gasteiger partial charge in [0.15, 0.2) is 0 Å². The number of alkyl halides is 2. The number of nitrogens with one attached hydrogen (secondary N) is 3. The van der Waals surface area contributed by atoms with Crippen LogP contribution in [-0.2, 0) is 23.2 Å². The maximum absolute atomic E-state index is 13.6. The van der Waals surface area contributed by atoms with Crippen molar-refractivity contribution in [2.75, 3.05) is 10.2 Å². The van der Waals surface area contributed by atoms with E-state index in [9.17, 15) is 18.4 Å². The van der Waals surface area contributed by atoms with Gasteiger partial charge in [0.1, 0.15) is 0 Å². The number of nitrogens with zero attached hydrogens (tertiary/aromatic N) is 3. The quantitative estimate of drug-likeness (QED) is 0.424. The SMILES string of the molecule is Cn1ccc(CNc2ccc(N3C(=O)C[C@H](NC(=O)C(C)(F)F)[C@H]3c3ccccc3)cc2C=N)n1.[HH]. The normalized spacial score (nSPS) is 17.9. The van der Waals surface area contributed by atoms with Gasteiger partial charge in [-0.05, 0) is 29.8 Å². The molecular formula is C25H28F2N6O2. The Bertz CT molecular complexity index is 1240. The lowest BCUT2D eigenvalue weighted by Crippen LogP contribution is -2.46. The average molecular weight is 483 g/mol. The standard InChI is InChI=1S/C25H26F2N6O2.H2/c1-25(26,27)24(35)30-21-13-22(34)33(23(21)16-6-4-3-5-7-16)19-8-9-20(17(12-19)14-28)29-15-18-10-11-32(2)31-18;/h3-12,14,21,23,28-29H,13,15H2,1-2H3,(H,30,35);1H/t21-,23+;/m0./s1. The molecule has 184 valence electrons. The van der Waals surface area contributed by atoms with Crippen LogP contribution < -0.4 is 15.5 Å². The van der Waals surface area contributed by atoms with Crippen molar-refractivity contribution in [3.8, 4) is 0 Å². The molecule has 0 bridgehead atoms. The van der Waals surface area contributed by atoms with Crippen LogP contribution in [0.15, 0.2) is 60.8 Å². The highest BCUT2D eigenvalue weighted by Gasteiger charge is 2.45. The molecule has 0 radical (unpaired) electrons. The number of halogens is 2. The van der Waals surface area contributed by atoms with Crippen molar-refractivity contribution in [1.29, 1.82) is 5.41 Å². The van der Waals surface area contributed by atoms with E-state index in [0.29, 0.717) is 36.0 Å². The second kappa shape index (κ2) is 9.65. The lowest BCUT2D eigenvalue weighted by molar-refractivity contribution is -0.143. The second-order valence-corrected chi connectivity index (χ2v) is 8.54. The van der Waals surface area contributed by atoms with Gasteiger partial charge in [0.05, 0.1) is 24.3 Å². The Balaban J connectivity index is 0.00000361. The van der Waals surface area contributed by atoms with Crippen LogP contribution in [0.1, 0.15) is 37.6 Å². The van der Waals surface area contributed by atoms with Crippen molar-refractivity contribution in [3.63, 3.8) is 0 Å². The molecule has 8 nitrogen and oxygen atoms in total. The van der Waals surface area contributed by atoms with E-state index in [0.717, 1.165) is 5.69 Å². The highest BCUT2D eigenvalue weighted by Crippen LogP contribution is 2.38. The molecule has 3 N–H and O–H groups in total. The highest BCUT2D eigenvalue weighted by atomic mass is 19.3. The van der Waals surface area contributed by atoms with Gasteiger partial charge in [0.2, 0.25) is 5.91 Å². The molecule has 1 aromatic heterocycles. The van der Waals surface area contributed by atoms with Gasteiger partial charge in [0.25, 0.3) is 5.91 Å². The van der Waals surface area contributed by atoms with Gasteiger partial charge >= 0.3 is 5.92 Å². The monoisotopic (exact) mass is 482 g/mol. The van der Waals surface area contributed by atoms with E-state index in [1.54, 1.807) is 47.1 Å². The van der Waals surface area contributed by atoms with Crippen molar-refractivity contribution >= 4 is 29.4 Å². The summed E-state index contributed by atoms with van der Waals surface area (Å²) < 4.78 is 28.9. The fourth-order valence-corrected chi connectivity index (χ4v) is 4.22. The minimum atomic E-state index is -3.56. The molecule has 10 heteroatoms. The molecule has 0 unspecified atom stereocenters. The Morgan fingerprint density at radius 1 is 1.26 bits per heavy atom. The molecule has 2 amide bonds. The number of benzene rings is 2. The largest absolute Gasteiger partial charge is 0.379 e. The van der Waals surface area contributed by atoms with Gasteiger partial charge < -0.3 is 20.9 Å². The molecule has 3 aromatic rings. The van der Waals surface area contributed by atoms with Crippen molar-refractivity contribution in [3.05, 3.63) is 77.6 Å². The first-order valence-electron chi connectivity index (χ1n) is 11.1. The minimum absolute atomic E-state index is 0. The zero-order chi connectivity index (χ0) is 25.2. The third-order valence-electron chi connectivity index (χ3n) is 5.88. The molecule has 1 saturated heterocycles. The van der Waals surface area contributed by atoms with E-state index in [4.69, 9.17) is 5.41 Å². The van der Waals surface area contributed by atoms with Crippen LogP contribution in [0.3, 0.4) is 0 Å². The average Bonchev–Trinajstić information content (AvgIpc) is 3.39. The van der Waals surface area contributed by atoms with Crippen LogP contribution in [0.25, 0.3) is 0 Å². The summed E-state index contributed by atoms with van der Waals surface area (Å²) in [5.74, 6) is -5.30. The molecule has 4 rings (SSSR count). The number of amides is 2. The summed E-state index contributed by atoms with van der Waals surface area (Å²) in [5, 5.41) is 17.8. The summed E-state index contributed by atoms with van der Waals surface area (Å²) in [5.41, 5.74) is 3.28. The van der Waals surface area contributed by atoms with Gasteiger partial charge in [-0.3, -0.25) is 14.3 Å². The van der Waals surface area contributed by atoms with Crippen LogP contribution in [0.4, 0.5) is 20.2 Å². The van der Waals surface area contributed by atoms with Crippen LogP contribution >= 0.6 is 0 Å². The number of hydrogen-bond acceptors (Lipinski definition) is 5. The van der Waals surface area contributed by atoms with E-state index in [-0.39, 0.29) is 13.8 Å². The van der Waals surface area contributed by atoms with Crippen LogP contribution in [0, 0.1) is 5.41 Å². The molecular weight excluding hydrogens is 454 g/mol. The zero-order valence-electron chi connectivity index (χ0n) is 19.3. The predicted octanol–water partition coefficient (Wildman–Crippen LogP) is 3.89. The fraction of sp³-hybridized carbons (Fsp3) is 0.280. The van der Waals surface area contributed by atoms with Gasteiger partial charge in [-0.2, -0.15) is 13.9 Å². The topological polar surface area (TPSA) is 103 Å². The number of rotatable bonds is 8. The molecule has 0 saturated carbocycles. The Morgan fingerprint density at radius 2 is 2.00 bits per heavy atom. The first-order valence-corrected chi connectivity index (χ1v) is 11.1. The number of anilines is 2. The third-order valence-corrected chi connectivity index (χ3v) is 5.88. The number of carbonyl (C=O) groups is 2. The third kappa shape index (κ3) is 5.21. The molecule has 0 aliphatic carbocycles. The number of aryl methyl sites for hydroxylation is 1. The molecule has 35 heavy (non-hydrogen) atoms. The number of hydrogen-bond donors (Lipinski definition) is 3. The maximum Gasteiger partial charge on any atom is 0.321 e. The number of carbonyl (C=O) groups excluding carboxylic acids is 2. The molecule has 1 fully saturated rings. The molecule has 1 aliphatic rings. The van der Waals surface area contributed by atoms with E-state index in [1.807, 2.05) is 25.4 Å². The van der Waals surface area contributed by atoms with E-state index in [1.165, 1.54) is 11.1 Å². The summed E-state index contributed by atoms with van der Waals surface area (Å²) in [4.78, 5) is 26.7. The second-order valence-electron chi connectivity index (χ2n) is 8.54. The minimum Gasteiger partial charge on any atom is -0.379 e. The summed E-state index contributed by atoms with van der Waals surface area (Å²) in [7, 11) is 1.83. The van der Waals surface area contributed by atoms with Crippen LogP contribution in [0.5, 0.6) is 0 Å².